The van der Waals surface area contributed by atoms with E-state index in [2.05, 4.69) is 48.3 Å². The molecular weight excluding hydrogens is 286 g/mol. The Balaban J connectivity index is 0.00000220. The smallest absolute Gasteiger partial charge is 0.236 e. The van der Waals surface area contributed by atoms with Crippen molar-refractivity contribution in [1.82, 2.24) is 10.2 Å². The summed E-state index contributed by atoms with van der Waals surface area (Å²) in [6.07, 6.45) is 1.07. The van der Waals surface area contributed by atoms with Gasteiger partial charge in [0.1, 0.15) is 0 Å². The van der Waals surface area contributed by atoms with Gasteiger partial charge in [0.05, 0.1) is 6.04 Å². The first-order valence-electron chi connectivity index (χ1n) is 7.25. The van der Waals surface area contributed by atoms with E-state index in [1.807, 2.05) is 0 Å². The SMILES string of the molecule is CC(N)C(=O)NCC(C)(C)N1CCc2ccccc2C1.Cl. The van der Waals surface area contributed by atoms with E-state index >= 15 is 0 Å². The summed E-state index contributed by atoms with van der Waals surface area (Å²) in [7, 11) is 0. The predicted octanol–water partition coefficient (Wildman–Crippen LogP) is 1.71. The van der Waals surface area contributed by atoms with Gasteiger partial charge in [0.2, 0.25) is 5.91 Å². The normalized spacial score (nSPS) is 16.6. The molecule has 2 rings (SSSR count). The molecule has 0 saturated carbocycles. The zero-order chi connectivity index (χ0) is 14.8. The molecule has 1 aliphatic heterocycles. The highest BCUT2D eigenvalue weighted by molar-refractivity contribution is 5.85. The third-order valence-electron chi connectivity index (χ3n) is 4.10. The second-order valence-electron chi connectivity index (χ2n) is 6.26. The Labute approximate surface area is 133 Å². The summed E-state index contributed by atoms with van der Waals surface area (Å²) in [4.78, 5) is 14.0. The van der Waals surface area contributed by atoms with Crippen LogP contribution in [0, 0.1) is 0 Å². The van der Waals surface area contributed by atoms with Crippen molar-refractivity contribution in [2.24, 2.45) is 5.73 Å². The molecule has 1 aliphatic rings. The van der Waals surface area contributed by atoms with Crippen LogP contribution in [0.3, 0.4) is 0 Å². The second-order valence-corrected chi connectivity index (χ2v) is 6.26. The van der Waals surface area contributed by atoms with Crippen molar-refractivity contribution in [1.29, 1.82) is 0 Å². The molecule has 0 aliphatic carbocycles. The van der Waals surface area contributed by atoms with Gasteiger partial charge in [-0.05, 0) is 38.3 Å². The summed E-state index contributed by atoms with van der Waals surface area (Å²) >= 11 is 0. The minimum Gasteiger partial charge on any atom is -0.353 e. The fourth-order valence-corrected chi connectivity index (χ4v) is 2.59. The number of fused-ring (bicyclic) bond motifs is 1. The number of hydrogen-bond donors (Lipinski definition) is 2. The Kier molecular flexibility index (Phi) is 6.20. The molecule has 5 heteroatoms. The number of benzene rings is 1. The number of amides is 1. The number of nitrogens with two attached hydrogens (primary N) is 1. The summed E-state index contributed by atoms with van der Waals surface area (Å²) in [5, 5.41) is 2.94. The second kappa shape index (κ2) is 7.25. The van der Waals surface area contributed by atoms with Crippen LogP contribution in [-0.2, 0) is 17.8 Å². The lowest BCUT2D eigenvalue weighted by atomic mass is 9.94. The first-order valence-corrected chi connectivity index (χ1v) is 7.25. The number of nitrogens with one attached hydrogen (secondary N) is 1. The molecule has 0 fully saturated rings. The predicted molar refractivity (Wildman–Crippen MR) is 88.5 cm³/mol. The topological polar surface area (TPSA) is 58.4 Å². The van der Waals surface area contributed by atoms with Gasteiger partial charge in [0.25, 0.3) is 0 Å². The molecule has 1 atom stereocenters. The molecule has 118 valence electrons. The van der Waals surface area contributed by atoms with Crippen LogP contribution in [-0.4, -0.2) is 35.5 Å². The van der Waals surface area contributed by atoms with Crippen LogP contribution in [0.1, 0.15) is 31.9 Å². The maximum absolute atomic E-state index is 11.6. The van der Waals surface area contributed by atoms with Crippen LogP contribution in [0.5, 0.6) is 0 Å². The van der Waals surface area contributed by atoms with E-state index < -0.39 is 6.04 Å². The molecule has 4 nitrogen and oxygen atoms in total. The van der Waals surface area contributed by atoms with Gasteiger partial charge in [-0.3, -0.25) is 9.69 Å². The molecule has 0 bridgehead atoms. The number of halogens is 1. The van der Waals surface area contributed by atoms with Gasteiger partial charge in [-0.2, -0.15) is 0 Å². The summed E-state index contributed by atoms with van der Waals surface area (Å²) in [5.74, 6) is -0.0875. The van der Waals surface area contributed by atoms with Crippen LogP contribution >= 0.6 is 12.4 Å². The van der Waals surface area contributed by atoms with E-state index in [9.17, 15) is 4.79 Å². The summed E-state index contributed by atoms with van der Waals surface area (Å²) in [6, 6.07) is 8.14. The Morgan fingerprint density at radius 3 is 2.62 bits per heavy atom. The fraction of sp³-hybridized carbons (Fsp3) is 0.562. The van der Waals surface area contributed by atoms with E-state index in [0.29, 0.717) is 6.54 Å². The Hall–Kier alpha value is -1.10. The molecule has 1 aromatic rings. The van der Waals surface area contributed by atoms with E-state index in [1.165, 1.54) is 11.1 Å². The van der Waals surface area contributed by atoms with Gasteiger partial charge in [-0.1, -0.05) is 24.3 Å². The molecule has 3 N–H and O–H groups in total. The van der Waals surface area contributed by atoms with Crippen molar-refractivity contribution in [3.63, 3.8) is 0 Å². The van der Waals surface area contributed by atoms with Gasteiger partial charge in [-0.25, -0.2) is 0 Å². The minimum atomic E-state index is -0.451. The number of hydrogen-bond acceptors (Lipinski definition) is 3. The van der Waals surface area contributed by atoms with Crippen molar-refractivity contribution in [3.05, 3.63) is 35.4 Å². The van der Waals surface area contributed by atoms with Crippen LogP contribution in [0.15, 0.2) is 24.3 Å². The molecule has 1 aromatic carbocycles. The van der Waals surface area contributed by atoms with Crippen molar-refractivity contribution >= 4 is 18.3 Å². The van der Waals surface area contributed by atoms with Gasteiger partial charge in [-0.15, -0.1) is 12.4 Å². The zero-order valence-electron chi connectivity index (χ0n) is 13.1. The Morgan fingerprint density at radius 1 is 1.38 bits per heavy atom. The molecule has 1 unspecified atom stereocenters. The lowest BCUT2D eigenvalue weighted by Gasteiger charge is -2.41. The van der Waals surface area contributed by atoms with Crippen molar-refractivity contribution in [2.75, 3.05) is 13.1 Å². The molecule has 1 amide bonds. The summed E-state index contributed by atoms with van der Waals surface area (Å²) < 4.78 is 0. The van der Waals surface area contributed by atoms with Crippen molar-refractivity contribution in [2.45, 2.75) is 45.3 Å². The highest BCUT2D eigenvalue weighted by Crippen LogP contribution is 2.24. The average molecular weight is 312 g/mol. The molecule has 1 heterocycles. The summed E-state index contributed by atoms with van der Waals surface area (Å²) in [5.41, 5.74) is 8.35. The first kappa shape index (κ1) is 18.0. The largest absolute Gasteiger partial charge is 0.353 e. The highest BCUT2D eigenvalue weighted by Gasteiger charge is 2.30. The van der Waals surface area contributed by atoms with E-state index in [-0.39, 0.29) is 23.9 Å². The third-order valence-corrected chi connectivity index (χ3v) is 4.10. The summed E-state index contributed by atoms with van der Waals surface area (Å²) in [6.45, 7) is 8.63. The van der Waals surface area contributed by atoms with E-state index in [0.717, 1.165) is 19.5 Å². The maximum atomic E-state index is 11.6. The standard InChI is InChI=1S/C16H25N3O.ClH/c1-12(17)15(20)18-11-16(2,3)19-9-8-13-6-4-5-7-14(13)10-19;/h4-7,12H,8-11,17H2,1-3H3,(H,18,20);1H. The number of carbonyl (C=O) groups is 1. The lowest BCUT2D eigenvalue weighted by molar-refractivity contribution is -0.122. The molecule has 0 saturated heterocycles. The average Bonchev–Trinajstić information content (AvgIpc) is 2.44. The molecular formula is C16H26ClN3O. The quantitative estimate of drug-likeness (QED) is 0.890. The van der Waals surface area contributed by atoms with Crippen molar-refractivity contribution in [3.8, 4) is 0 Å². The lowest BCUT2D eigenvalue weighted by Crippen LogP contribution is -2.54. The fourth-order valence-electron chi connectivity index (χ4n) is 2.59. The van der Waals surface area contributed by atoms with Gasteiger partial charge < -0.3 is 11.1 Å². The van der Waals surface area contributed by atoms with E-state index in [1.54, 1.807) is 6.92 Å². The number of rotatable bonds is 4. The van der Waals surface area contributed by atoms with E-state index in [4.69, 9.17) is 5.73 Å². The number of nitrogens with zero attached hydrogens (tertiary/aromatic N) is 1. The van der Waals surface area contributed by atoms with Crippen LogP contribution in [0.4, 0.5) is 0 Å². The minimum absolute atomic E-state index is 0. The van der Waals surface area contributed by atoms with Crippen LogP contribution in [0.25, 0.3) is 0 Å². The van der Waals surface area contributed by atoms with Gasteiger partial charge in [0.15, 0.2) is 0 Å². The number of carbonyl (C=O) groups excluding carboxylic acids is 1. The van der Waals surface area contributed by atoms with Crippen LogP contribution < -0.4 is 11.1 Å². The molecule has 0 radical (unpaired) electrons. The zero-order valence-corrected chi connectivity index (χ0v) is 13.9. The van der Waals surface area contributed by atoms with Crippen LogP contribution in [0.2, 0.25) is 0 Å². The maximum Gasteiger partial charge on any atom is 0.236 e. The van der Waals surface area contributed by atoms with Gasteiger partial charge >= 0.3 is 0 Å². The monoisotopic (exact) mass is 311 g/mol. The third kappa shape index (κ3) is 4.43. The molecule has 0 aromatic heterocycles. The Bertz CT molecular complexity index is 488. The molecule has 21 heavy (non-hydrogen) atoms. The first-order chi connectivity index (χ1) is 9.40. The van der Waals surface area contributed by atoms with Gasteiger partial charge in [0, 0.05) is 25.2 Å². The molecule has 0 spiro atoms. The van der Waals surface area contributed by atoms with Crippen molar-refractivity contribution < 1.29 is 4.79 Å². The highest BCUT2D eigenvalue weighted by atomic mass is 35.5. The Morgan fingerprint density at radius 2 is 2.00 bits per heavy atom.